The fourth-order valence-corrected chi connectivity index (χ4v) is 1.89. The van der Waals surface area contributed by atoms with E-state index in [2.05, 4.69) is 12.2 Å². The van der Waals surface area contributed by atoms with Crippen molar-refractivity contribution in [1.82, 2.24) is 4.90 Å². The Kier molecular flexibility index (Phi) is 6.97. The van der Waals surface area contributed by atoms with Crippen molar-refractivity contribution in [2.24, 2.45) is 0 Å². The lowest BCUT2D eigenvalue weighted by molar-refractivity contribution is 0.0722. The molecule has 0 fully saturated rings. The van der Waals surface area contributed by atoms with E-state index in [1.807, 2.05) is 31.2 Å². The van der Waals surface area contributed by atoms with Crippen LogP contribution in [-0.4, -0.2) is 42.2 Å². The number of nitrogens with zero attached hydrogens (tertiary/aromatic N) is 1. The first-order valence-corrected chi connectivity index (χ1v) is 6.97. The van der Waals surface area contributed by atoms with E-state index in [9.17, 15) is 4.79 Å². The molecule has 0 atom stereocenters. The molecule has 0 bridgehead atoms. The predicted octanol–water partition coefficient (Wildman–Crippen LogP) is 2.35. The molecule has 0 saturated heterocycles. The van der Waals surface area contributed by atoms with Crippen molar-refractivity contribution in [3.05, 3.63) is 29.8 Å². The standard InChI is InChI=1S/C15H24N2O2/c1-3-9-16-14-7-5-13(6-8-14)15(19)17(10-4-2)11-12-18/h5-8,16,18H,3-4,9-12H2,1-2H3. The number of benzene rings is 1. The monoisotopic (exact) mass is 264 g/mol. The molecule has 4 nitrogen and oxygen atoms in total. The second-order valence-corrected chi connectivity index (χ2v) is 4.52. The third-order valence-corrected chi connectivity index (χ3v) is 2.86. The highest BCUT2D eigenvalue weighted by Gasteiger charge is 2.13. The maximum Gasteiger partial charge on any atom is 0.253 e. The Hall–Kier alpha value is -1.55. The van der Waals surface area contributed by atoms with Crippen LogP contribution in [0.1, 0.15) is 37.0 Å². The highest BCUT2D eigenvalue weighted by atomic mass is 16.3. The Balaban J connectivity index is 2.69. The van der Waals surface area contributed by atoms with Crippen molar-refractivity contribution < 1.29 is 9.90 Å². The molecule has 0 heterocycles. The van der Waals surface area contributed by atoms with Crippen LogP contribution in [0.15, 0.2) is 24.3 Å². The molecule has 106 valence electrons. The minimum atomic E-state index is -0.0158. The summed E-state index contributed by atoms with van der Waals surface area (Å²) in [5.74, 6) is -0.0158. The van der Waals surface area contributed by atoms with Gasteiger partial charge in [-0.3, -0.25) is 4.79 Å². The quantitative estimate of drug-likeness (QED) is 0.758. The minimum absolute atomic E-state index is 0.00186. The Morgan fingerprint density at radius 3 is 2.37 bits per heavy atom. The Morgan fingerprint density at radius 1 is 1.16 bits per heavy atom. The summed E-state index contributed by atoms with van der Waals surface area (Å²) in [4.78, 5) is 13.9. The van der Waals surface area contributed by atoms with Crippen LogP contribution >= 0.6 is 0 Å². The highest BCUT2D eigenvalue weighted by molar-refractivity contribution is 5.94. The number of carbonyl (C=O) groups excluding carboxylic acids is 1. The number of anilines is 1. The molecular formula is C15H24N2O2. The normalized spacial score (nSPS) is 10.3. The van der Waals surface area contributed by atoms with E-state index in [0.29, 0.717) is 18.7 Å². The van der Waals surface area contributed by atoms with Gasteiger partial charge in [-0.05, 0) is 37.1 Å². The maximum absolute atomic E-state index is 12.2. The SMILES string of the molecule is CCCNc1ccc(C(=O)N(CCC)CCO)cc1. The first-order valence-electron chi connectivity index (χ1n) is 6.97. The lowest BCUT2D eigenvalue weighted by atomic mass is 10.1. The van der Waals surface area contributed by atoms with Crippen LogP contribution in [0.5, 0.6) is 0 Å². The number of nitrogens with one attached hydrogen (secondary N) is 1. The molecule has 0 spiro atoms. The molecule has 0 aliphatic carbocycles. The average Bonchev–Trinajstić information content (AvgIpc) is 2.44. The zero-order valence-corrected chi connectivity index (χ0v) is 11.9. The summed E-state index contributed by atoms with van der Waals surface area (Å²) in [6.07, 6.45) is 1.96. The minimum Gasteiger partial charge on any atom is -0.395 e. The van der Waals surface area contributed by atoms with Crippen molar-refractivity contribution in [3.63, 3.8) is 0 Å². The molecule has 0 aliphatic rings. The number of aliphatic hydroxyl groups is 1. The molecular weight excluding hydrogens is 240 g/mol. The van der Waals surface area contributed by atoms with E-state index in [4.69, 9.17) is 5.11 Å². The number of amides is 1. The van der Waals surface area contributed by atoms with Gasteiger partial charge in [0, 0.05) is 30.9 Å². The van der Waals surface area contributed by atoms with Crippen molar-refractivity contribution in [3.8, 4) is 0 Å². The van der Waals surface area contributed by atoms with Gasteiger partial charge in [0.15, 0.2) is 0 Å². The fraction of sp³-hybridized carbons (Fsp3) is 0.533. The average molecular weight is 264 g/mol. The molecule has 0 saturated carbocycles. The lowest BCUT2D eigenvalue weighted by Crippen LogP contribution is -2.34. The molecule has 0 aliphatic heterocycles. The molecule has 1 rings (SSSR count). The number of hydrogen-bond acceptors (Lipinski definition) is 3. The smallest absolute Gasteiger partial charge is 0.253 e. The third kappa shape index (κ3) is 4.91. The number of aliphatic hydroxyl groups excluding tert-OH is 1. The number of carbonyl (C=O) groups is 1. The van der Waals surface area contributed by atoms with Crippen molar-refractivity contribution in [1.29, 1.82) is 0 Å². The van der Waals surface area contributed by atoms with Gasteiger partial charge >= 0.3 is 0 Å². The van der Waals surface area contributed by atoms with Crippen LogP contribution < -0.4 is 5.32 Å². The summed E-state index contributed by atoms with van der Waals surface area (Å²) < 4.78 is 0. The van der Waals surface area contributed by atoms with Crippen molar-refractivity contribution in [2.75, 3.05) is 31.6 Å². The summed E-state index contributed by atoms with van der Waals surface area (Å²) in [6, 6.07) is 7.51. The first-order chi connectivity index (χ1) is 9.22. The maximum atomic E-state index is 12.2. The molecule has 4 heteroatoms. The van der Waals surface area contributed by atoms with Gasteiger partial charge in [0.25, 0.3) is 5.91 Å². The molecule has 0 aromatic heterocycles. The van der Waals surface area contributed by atoms with Gasteiger partial charge in [-0.15, -0.1) is 0 Å². The molecule has 19 heavy (non-hydrogen) atoms. The van der Waals surface area contributed by atoms with Gasteiger partial charge < -0.3 is 15.3 Å². The summed E-state index contributed by atoms with van der Waals surface area (Å²) >= 11 is 0. The first kappa shape index (κ1) is 15.5. The second kappa shape index (κ2) is 8.53. The van der Waals surface area contributed by atoms with E-state index in [1.54, 1.807) is 4.90 Å². The van der Waals surface area contributed by atoms with E-state index < -0.39 is 0 Å². The Labute approximate surface area is 115 Å². The Morgan fingerprint density at radius 2 is 1.84 bits per heavy atom. The van der Waals surface area contributed by atoms with Gasteiger partial charge in [-0.2, -0.15) is 0 Å². The molecule has 2 N–H and O–H groups in total. The summed E-state index contributed by atoms with van der Waals surface area (Å²) in [5, 5.41) is 12.3. The van der Waals surface area contributed by atoms with Gasteiger partial charge in [0.1, 0.15) is 0 Å². The van der Waals surface area contributed by atoms with Gasteiger partial charge in [-0.25, -0.2) is 0 Å². The summed E-state index contributed by atoms with van der Waals surface area (Å²) in [7, 11) is 0. The van der Waals surface area contributed by atoms with Crippen LogP contribution in [0.3, 0.4) is 0 Å². The van der Waals surface area contributed by atoms with Crippen molar-refractivity contribution >= 4 is 11.6 Å². The summed E-state index contributed by atoms with van der Waals surface area (Å²) in [5.41, 5.74) is 1.70. The van der Waals surface area contributed by atoms with E-state index in [1.165, 1.54) is 0 Å². The predicted molar refractivity (Wildman–Crippen MR) is 78.5 cm³/mol. The third-order valence-electron chi connectivity index (χ3n) is 2.86. The molecule has 1 aromatic rings. The number of hydrogen-bond donors (Lipinski definition) is 2. The van der Waals surface area contributed by atoms with Gasteiger partial charge in [0.2, 0.25) is 0 Å². The van der Waals surface area contributed by atoms with Crippen LogP contribution in [-0.2, 0) is 0 Å². The van der Waals surface area contributed by atoms with E-state index >= 15 is 0 Å². The van der Waals surface area contributed by atoms with Gasteiger partial charge in [0.05, 0.1) is 6.61 Å². The van der Waals surface area contributed by atoms with Crippen LogP contribution in [0.2, 0.25) is 0 Å². The van der Waals surface area contributed by atoms with E-state index in [0.717, 1.165) is 25.1 Å². The molecule has 0 radical (unpaired) electrons. The fourth-order valence-electron chi connectivity index (χ4n) is 1.89. The largest absolute Gasteiger partial charge is 0.395 e. The molecule has 0 unspecified atom stereocenters. The van der Waals surface area contributed by atoms with Gasteiger partial charge in [-0.1, -0.05) is 13.8 Å². The topological polar surface area (TPSA) is 52.6 Å². The van der Waals surface area contributed by atoms with E-state index in [-0.39, 0.29) is 12.5 Å². The van der Waals surface area contributed by atoms with Crippen LogP contribution in [0.25, 0.3) is 0 Å². The zero-order valence-electron chi connectivity index (χ0n) is 11.9. The molecule has 1 aromatic carbocycles. The number of rotatable bonds is 8. The zero-order chi connectivity index (χ0) is 14.1. The van der Waals surface area contributed by atoms with Crippen LogP contribution in [0, 0.1) is 0 Å². The summed E-state index contributed by atoms with van der Waals surface area (Å²) in [6.45, 7) is 6.14. The molecule has 1 amide bonds. The highest BCUT2D eigenvalue weighted by Crippen LogP contribution is 2.12. The van der Waals surface area contributed by atoms with Crippen molar-refractivity contribution in [2.45, 2.75) is 26.7 Å². The Bertz CT molecular complexity index is 370. The second-order valence-electron chi connectivity index (χ2n) is 4.52. The lowest BCUT2D eigenvalue weighted by Gasteiger charge is -2.21. The van der Waals surface area contributed by atoms with Crippen LogP contribution in [0.4, 0.5) is 5.69 Å².